The minimum atomic E-state index is 0.0716. The van der Waals surface area contributed by atoms with Crippen molar-refractivity contribution in [2.24, 2.45) is 5.73 Å². The smallest absolute Gasteiger partial charge is 0.234 e. The third-order valence-corrected chi connectivity index (χ3v) is 3.19. The first-order chi connectivity index (χ1) is 9.22. The van der Waals surface area contributed by atoms with Gasteiger partial charge in [-0.1, -0.05) is 37.3 Å². The van der Waals surface area contributed by atoms with Gasteiger partial charge in [0.25, 0.3) is 0 Å². The van der Waals surface area contributed by atoms with E-state index in [1.54, 1.807) is 0 Å². The van der Waals surface area contributed by atoms with E-state index in [2.05, 4.69) is 29.3 Å². The summed E-state index contributed by atoms with van der Waals surface area (Å²) in [7, 11) is 0. The molecule has 1 atom stereocenters. The summed E-state index contributed by atoms with van der Waals surface area (Å²) in [5, 5.41) is 2.85. The van der Waals surface area contributed by atoms with Gasteiger partial charge >= 0.3 is 0 Å². The average Bonchev–Trinajstić information content (AvgIpc) is 2.44. The maximum absolute atomic E-state index is 11.8. The maximum atomic E-state index is 11.8. The van der Waals surface area contributed by atoms with E-state index in [0.717, 1.165) is 13.0 Å². The van der Waals surface area contributed by atoms with Gasteiger partial charge in [-0.2, -0.15) is 0 Å². The van der Waals surface area contributed by atoms with Crippen molar-refractivity contribution in [1.29, 1.82) is 0 Å². The van der Waals surface area contributed by atoms with Crippen LogP contribution in [-0.2, 0) is 4.79 Å². The number of hydrogen-bond acceptors (Lipinski definition) is 3. The third-order valence-electron chi connectivity index (χ3n) is 3.19. The van der Waals surface area contributed by atoms with Crippen molar-refractivity contribution in [1.82, 2.24) is 10.2 Å². The van der Waals surface area contributed by atoms with Crippen LogP contribution in [0.25, 0.3) is 0 Å². The number of nitrogens with zero attached hydrogens (tertiary/aromatic N) is 1. The zero-order valence-corrected chi connectivity index (χ0v) is 11.9. The summed E-state index contributed by atoms with van der Waals surface area (Å²) in [6.45, 7) is 6.55. The van der Waals surface area contributed by atoms with Gasteiger partial charge in [0.05, 0.1) is 6.54 Å². The molecule has 0 radical (unpaired) electrons. The topological polar surface area (TPSA) is 58.4 Å². The number of likely N-dealkylation sites (N-methyl/N-ethyl adjacent to an activating group) is 2. The molecule has 0 bridgehead atoms. The molecule has 1 amide bonds. The van der Waals surface area contributed by atoms with Crippen LogP contribution in [0.15, 0.2) is 30.3 Å². The quantitative estimate of drug-likeness (QED) is 0.748. The van der Waals surface area contributed by atoms with Gasteiger partial charge in [0.15, 0.2) is 0 Å². The van der Waals surface area contributed by atoms with Gasteiger partial charge in [0.1, 0.15) is 0 Å². The number of nitrogens with two attached hydrogens (primary N) is 1. The van der Waals surface area contributed by atoms with Crippen molar-refractivity contribution in [3.05, 3.63) is 35.9 Å². The molecule has 4 nitrogen and oxygen atoms in total. The zero-order valence-electron chi connectivity index (χ0n) is 11.9. The van der Waals surface area contributed by atoms with Gasteiger partial charge in [-0.25, -0.2) is 0 Å². The Labute approximate surface area is 116 Å². The zero-order chi connectivity index (χ0) is 14.1. The van der Waals surface area contributed by atoms with Crippen molar-refractivity contribution in [3.8, 4) is 0 Å². The molecule has 106 valence electrons. The monoisotopic (exact) mass is 263 g/mol. The summed E-state index contributed by atoms with van der Waals surface area (Å²) in [4.78, 5) is 13.9. The minimum absolute atomic E-state index is 0.0716. The second-order valence-electron chi connectivity index (χ2n) is 4.52. The first-order valence-corrected chi connectivity index (χ1v) is 6.98. The van der Waals surface area contributed by atoms with Gasteiger partial charge in [0.2, 0.25) is 5.91 Å². The van der Waals surface area contributed by atoms with Crippen LogP contribution in [-0.4, -0.2) is 37.0 Å². The highest BCUT2D eigenvalue weighted by molar-refractivity contribution is 5.78. The molecule has 0 fully saturated rings. The second kappa shape index (κ2) is 8.67. The van der Waals surface area contributed by atoms with Crippen LogP contribution in [0.5, 0.6) is 0 Å². The normalized spacial score (nSPS) is 12.4. The predicted molar refractivity (Wildman–Crippen MR) is 78.8 cm³/mol. The van der Waals surface area contributed by atoms with Crippen LogP contribution in [0.3, 0.4) is 0 Å². The van der Waals surface area contributed by atoms with Crippen LogP contribution in [0.4, 0.5) is 0 Å². The van der Waals surface area contributed by atoms with E-state index in [-0.39, 0.29) is 11.9 Å². The number of rotatable bonds is 8. The summed E-state index contributed by atoms with van der Waals surface area (Å²) < 4.78 is 0. The lowest BCUT2D eigenvalue weighted by Crippen LogP contribution is -2.39. The average molecular weight is 263 g/mol. The molecule has 3 N–H and O–H groups in total. The summed E-state index contributed by atoms with van der Waals surface area (Å²) >= 11 is 0. The number of carbonyl (C=O) groups is 1. The predicted octanol–water partition coefficient (Wildman–Crippen LogP) is 1.53. The molecule has 1 aromatic carbocycles. The molecule has 0 aliphatic heterocycles. The molecule has 0 saturated carbocycles. The van der Waals surface area contributed by atoms with Crippen LogP contribution < -0.4 is 11.1 Å². The molecule has 1 aromatic rings. The number of carbonyl (C=O) groups excluding carboxylic acids is 1. The number of nitrogens with one attached hydrogen (secondary N) is 1. The maximum Gasteiger partial charge on any atom is 0.234 e. The number of benzene rings is 1. The molecule has 0 aromatic heterocycles. The Kier molecular flexibility index (Phi) is 7.15. The summed E-state index contributed by atoms with van der Waals surface area (Å²) in [5.41, 5.74) is 6.94. The van der Waals surface area contributed by atoms with E-state index in [9.17, 15) is 4.79 Å². The highest BCUT2D eigenvalue weighted by atomic mass is 16.2. The fourth-order valence-corrected chi connectivity index (χ4v) is 2.27. The van der Waals surface area contributed by atoms with Crippen LogP contribution in [0.1, 0.15) is 31.9 Å². The molecule has 0 aliphatic carbocycles. The van der Waals surface area contributed by atoms with E-state index in [1.807, 2.05) is 25.1 Å². The number of hydrogen-bond donors (Lipinski definition) is 2. The molecular formula is C15H25N3O. The van der Waals surface area contributed by atoms with Gasteiger partial charge in [-0.15, -0.1) is 0 Å². The van der Waals surface area contributed by atoms with E-state index < -0.39 is 0 Å². The molecule has 1 unspecified atom stereocenters. The first kappa shape index (κ1) is 15.7. The summed E-state index contributed by atoms with van der Waals surface area (Å²) in [5.74, 6) is 0.0716. The van der Waals surface area contributed by atoms with Gasteiger partial charge in [0, 0.05) is 12.6 Å². The molecule has 19 heavy (non-hydrogen) atoms. The molecular weight excluding hydrogens is 238 g/mol. The summed E-state index contributed by atoms with van der Waals surface area (Å²) in [6.07, 6.45) is 0.858. The van der Waals surface area contributed by atoms with Crippen molar-refractivity contribution in [3.63, 3.8) is 0 Å². The Bertz CT molecular complexity index is 367. The van der Waals surface area contributed by atoms with Crippen molar-refractivity contribution in [2.45, 2.75) is 26.3 Å². The van der Waals surface area contributed by atoms with Gasteiger partial charge < -0.3 is 11.1 Å². The summed E-state index contributed by atoms with van der Waals surface area (Å²) in [6, 6.07) is 10.5. The molecule has 4 heteroatoms. The van der Waals surface area contributed by atoms with E-state index in [0.29, 0.717) is 19.6 Å². The van der Waals surface area contributed by atoms with E-state index in [4.69, 9.17) is 5.73 Å². The third kappa shape index (κ3) is 5.01. The van der Waals surface area contributed by atoms with Crippen molar-refractivity contribution < 1.29 is 4.79 Å². The van der Waals surface area contributed by atoms with Crippen LogP contribution in [0, 0.1) is 0 Å². The second-order valence-corrected chi connectivity index (χ2v) is 4.52. The Morgan fingerprint density at radius 1 is 1.32 bits per heavy atom. The standard InChI is InChI=1S/C15H25N3O/c1-3-17-15(19)12-18(4-2)14(10-11-16)13-8-6-5-7-9-13/h5-9,14H,3-4,10-12,16H2,1-2H3,(H,17,19). The number of amides is 1. The molecule has 0 spiro atoms. The van der Waals surface area contributed by atoms with Gasteiger partial charge in [-0.3, -0.25) is 9.69 Å². The Balaban J connectivity index is 2.80. The first-order valence-electron chi connectivity index (χ1n) is 6.98. The van der Waals surface area contributed by atoms with Gasteiger partial charge in [-0.05, 0) is 32.0 Å². The lowest BCUT2D eigenvalue weighted by molar-refractivity contribution is -0.122. The lowest BCUT2D eigenvalue weighted by Gasteiger charge is -2.30. The lowest BCUT2D eigenvalue weighted by atomic mass is 10.0. The van der Waals surface area contributed by atoms with Crippen molar-refractivity contribution >= 4 is 5.91 Å². The van der Waals surface area contributed by atoms with Crippen LogP contribution >= 0.6 is 0 Å². The fourth-order valence-electron chi connectivity index (χ4n) is 2.27. The van der Waals surface area contributed by atoms with E-state index >= 15 is 0 Å². The minimum Gasteiger partial charge on any atom is -0.355 e. The SMILES string of the molecule is CCNC(=O)CN(CC)C(CCN)c1ccccc1. The highest BCUT2D eigenvalue weighted by Gasteiger charge is 2.20. The Morgan fingerprint density at radius 3 is 2.53 bits per heavy atom. The molecule has 0 aliphatic rings. The molecule has 0 saturated heterocycles. The van der Waals surface area contributed by atoms with E-state index in [1.165, 1.54) is 5.56 Å². The van der Waals surface area contributed by atoms with Crippen LogP contribution in [0.2, 0.25) is 0 Å². The van der Waals surface area contributed by atoms with Crippen molar-refractivity contribution in [2.75, 3.05) is 26.2 Å². The highest BCUT2D eigenvalue weighted by Crippen LogP contribution is 2.23. The Morgan fingerprint density at radius 2 is 2.00 bits per heavy atom. The Hall–Kier alpha value is -1.39. The molecule has 0 heterocycles. The largest absolute Gasteiger partial charge is 0.355 e. The molecule has 1 rings (SSSR count). The fraction of sp³-hybridized carbons (Fsp3) is 0.533.